The number of oxime groups is 1. The lowest BCUT2D eigenvalue weighted by atomic mass is 10.1. The molecule has 0 unspecified atom stereocenters. The third-order valence-electron chi connectivity index (χ3n) is 3.63. The molecule has 0 radical (unpaired) electrons. The zero-order valence-corrected chi connectivity index (χ0v) is 13.9. The Morgan fingerprint density at radius 3 is 2.61 bits per heavy atom. The van der Waals surface area contributed by atoms with E-state index < -0.39 is 0 Å². The van der Waals surface area contributed by atoms with Crippen LogP contribution in [0, 0.1) is 0 Å². The minimum atomic E-state index is 0.243. The van der Waals surface area contributed by atoms with Gasteiger partial charge in [-0.2, -0.15) is 0 Å². The Balaban J connectivity index is 1.67. The Morgan fingerprint density at radius 1 is 1.17 bits per heavy atom. The Morgan fingerprint density at radius 2 is 1.91 bits per heavy atom. The van der Waals surface area contributed by atoms with E-state index in [1.165, 1.54) is 0 Å². The van der Waals surface area contributed by atoms with Crippen molar-refractivity contribution in [2.45, 2.75) is 25.9 Å². The van der Waals surface area contributed by atoms with Gasteiger partial charge < -0.3 is 24.4 Å². The van der Waals surface area contributed by atoms with Crippen LogP contribution in [0.1, 0.15) is 25.3 Å². The van der Waals surface area contributed by atoms with Gasteiger partial charge in [-0.25, -0.2) is 0 Å². The topological polar surface area (TPSA) is 61.3 Å². The van der Waals surface area contributed by atoms with Gasteiger partial charge in [0.05, 0.1) is 18.4 Å². The van der Waals surface area contributed by atoms with Gasteiger partial charge in [-0.15, -0.1) is 0 Å². The van der Waals surface area contributed by atoms with Crippen molar-refractivity contribution in [2.24, 2.45) is 5.16 Å². The molecule has 1 aliphatic rings. The van der Waals surface area contributed by atoms with Crippen LogP contribution < -0.4 is 10.1 Å². The Labute approximate surface area is 137 Å². The van der Waals surface area contributed by atoms with Gasteiger partial charge >= 0.3 is 0 Å². The monoisotopic (exact) mass is 322 g/mol. The molecule has 6 heteroatoms. The molecule has 0 atom stereocenters. The summed E-state index contributed by atoms with van der Waals surface area (Å²) in [6, 6.07) is 7.65. The molecule has 1 N–H and O–H groups in total. The molecule has 0 aromatic heterocycles. The average molecular weight is 322 g/mol. The summed E-state index contributed by atoms with van der Waals surface area (Å²) in [7, 11) is 1.59. The normalized spacial score (nSPS) is 16.3. The largest absolute Gasteiger partial charge is 0.468 e. The van der Waals surface area contributed by atoms with Gasteiger partial charge in [0, 0.05) is 7.11 Å². The zero-order chi connectivity index (χ0) is 16.3. The van der Waals surface area contributed by atoms with Crippen molar-refractivity contribution < 1.29 is 19.0 Å². The summed E-state index contributed by atoms with van der Waals surface area (Å²) in [6.07, 6.45) is 2.49. The van der Waals surface area contributed by atoms with E-state index in [4.69, 9.17) is 19.0 Å². The van der Waals surface area contributed by atoms with Crippen LogP contribution in [0.4, 0.5) is 0 Å². The van der Waals surface area contributed by atoms with Gasteiger partial charge in [0.1, 0.15) is 12.4 Å². The van der Waals surface area contributed by atoms with Crippen LogP contribution in [-0.4, -0.2) is 52.0 Å². The average Bonchev–Trinajstić information content (AvgIpc) is 2.61. The van der Waals surface area contributed by atoms with E-state index in [9.17, 15) is 0 Å². The van der Waals surface area contributed by atoms with Gasteiger partial charge in [-0.05, 0) is 62.7 Å². The van der Waals surface area contributed by atoms with E-state index in [1.807, 2.05) is 31.2 Å². The van der Waals surface area contributed by atoms with Gasteiger partial charge in [0.2, 0.25) is 0 Å². The highest BCUT2D eigenvalue weighted by Crippen LogP contribution is 2.13. The van der Waals surface area contributed by atoms with Crippen LogP contribution in [0.2, 0.25) is 0 Å². The fraction of sp³-hybridized carbons (Fsp3) is 0.588. The fourth-order valence-corrected chi connectivity index (χ4v) is 2.33. The standard InChI is InChI=1S/C17H26N2O4/c1-14(15-3-5-16(6-4-15)22-13-20-2)19-23-12-11-21-17-7-9-18-10-8-17/h3-6,17-18H,7-13H2,1-2H3. The summed E-state index contributed by atoms with van der Waals surface area (Å²) >= 11 is 0. The first-order valence-corrected chi connectivity index (χ1v) is 8.00. The number of benzene rings is 1. The Kier molecular flexibility index (Phi) is 7.86. The van der Waals surface area contributed by atoms with E-state index in [0.717, 1.165) is 43.0 Å². The molecule has 23 heavy (non-hydrogen) atoms. The number of hydrogen-bond donors (Lipinski definition) is 1. The maximum atomic E-state index is 5.76. The number of piperidine rings is 1. The molecule has 0 bridgehead atoms. The second-order valence-corrected chi connectivity index (χ2v) is 5.41. The third kappa shape index (κ3) is 6.56. The molecule has 0 aliphatic carbocycles. The highest BCUT2D eigenvalue weighted by atomic mass is 16.7. The van der Waals surface area contributed by atoms with Crippen molar-refractivity contribution in [1.82, 2.24) is 5.32 Å². The minimum Gasteiger partial charge on any atom is -0.468 e. The van der Waals surface area contributed by atoms with Crippen molar-refractivity contribution in [1.29, 1.82) is 0 Å². The van der Waals surface area contributed by atoms with Crippen molar-refractivity contribution in [3.05, 3.63) is 29.8 Å². The molecular weight excluding hydrogens is 296 g/mol. The second kappa shape index (κ2) is 10.2. The second-order valence-electron chi connectivity index (χ2n) is 5.41. The molecule has 0 amide bonds. The maximum Gasteiger partial charge on any atom is 0.188 e. The molecule has 1 fully saturated rings. The molecular formula is C17H26N2O4. The van der Waals surface area contributed by atoms with Crippen molar-refractivity contribution in [3.63, 3.8) is 0 Å². The van der Waals surface area contributed by atoms with E-state index in [2.05, 4.69) is 10.5 Å². The summed E-state index contributed by atoms with van der Waals surface area (Å²) in [5, 5.41) is 7.44. The van der Waals surface area contributed by atoms with Crippen LogP contribution in [0.25, 0.3) is 0 Å². The van der Waals surface area contributed by atoms with Gasteiger partial charge in [0.15, 0.2) is 6.79 Å². The number of methoxy groups -OCH3 is 1. The molecule has 6 nitrogen and oxygen atoms in total. The highest BCUT2D eigenvalue weighted by molar-refractivity contribution is 5.98. The van der Waals surface area contributed by atoms with Gasteiger partial charge in [-0.1, -0.05) is 5.16 Å². The number of nitrogens with zero attached hydrogens (tertiary/aromatic N) is 1. The zero-order valence-electron chi connectivity index (χ0n) is 13.9. The minimum absolute atomic E-state index is 0.243. The predicted octanol–water partition coefficient (Wildman–Crippen LogP) is 2.18. The van der Waals surface area contributed by atoms with Crippen molar-refractivity contribution in [2.75, 3.05) is 40.2 Å². The highest BCUT2D eigenvalue weighted by Gasteiger charge is 2.12. The summed E-state index contributed by atoms with van der Waals surface area (Å²) in [5.74, 6) is 0.764. The fourth-order valence-electron chi connectivity index (χ4n) is 2.33. The molecule has 0 spiro atoms. The molecule has 1 aliphatic heterocycles. The van der Waals surface area contributed by atoms with E-state index >= 15 is 0 Å². The predicted molar refractivity (Wildman–Crippen MR) is 89.0 cm³/mol. The first-order chi connectivity index (χ1) is 11.3. The molecule has 2 rings (SSSR count). The smallest absolute Gasteiger partial charge is 0.188 e. The lowest BCUT2D eigenvalue weighted by Crippen LogP contribution is -2.33. The maximum absolute atomic E-state index is 5.76. The quantitative estimate of drug-likeness (QED) is 0.327. The third-order valence-corrected chi connectivity index (χ3v) is 3.63. The summed E-state index contributed by atoms with van der Waals surface area (Å²) in [6.45, 7) is 5.27. The van der Waals surface area contributed by atoms with E-state index in [1.54, 1.807) is 7.11 Å². The molecule has 128 valence electrons. The molecule has 1 heterocycles. The van der Waals surface area contributed by atoms with Gasteiger partial charge in [0.25, 0.3) is 0 Å². The number of ether oxygens (including phenoxy) is 3. The lowest BCUT2D eigenvalue weighted by Gasteiger charge is -2.22. The molecule has 1 aromatic rings. The lowest BCUT2D eigenvalue weighted by molar-refractivity contribution is -0.00604. The van der Waals surface area contributed by atoms with Crippen molar-refractivity contribution in [3.8, 4) is 5.75 Å². The van der Waals surface area contributed by atoms with Gasteiger partial charge in [-0.3, -0.25) is 0 Å². The summed E-state index contributed by atoms with van der Waals surface area (Å²) in [5.41, 5.74) is 1.82. The van der Waals surface area contributed by atoms with Crippen LogP contribution in [0.5, 0.6) is 5.75 Å². The molecule has 1 aromatic carbocycles. The Bertz CT molecular complexity index is 470. The summed E-state index contributed by atoms with van der Waals surface area (Å²) < 4.78 is 16.0. The van der Waals surface area contributed by atoms with E-state index in [-0.39, 0.29) is 6.79 Å². The van der Waals surface area contributed by atoms with Crippen LogP contribution in [0.3, 0.4) is 0 Å². The number of rotatable bonds is 9. The first kappa shape index (κ1) is 17.7. The Hall–Kier alpha value is -1.63. The van der Waals surface area contributed by atoms with Crippen LogP contribution in [-0.2, 0) is 14.3 Å². The first-order valence-electron chi connectivity index (χ1n) is 8.00. The summed E-state index contributed by atoms with van der Waals surface area (Å²) in [4.78, 5) is 5.33. The van der Waals surface area contributed by atoms with Crippen LogP contribution in [0.15, 0.2) is 29.4 Å². The number of hydrogen-bond acceptors (Lipinski definition) is 6. The molecule has 0 saturated carbocycles. The van der Waals surface area contributed by atoms with Crippen molar-refractivity contribution >= 4 is 5.71 Å². The van der Waals surface area contributed by atoms with Crippen LogP contribution >= 0.6 is 0 Å². The number of nitrogens with one attached hydrogen (secondary N) is 1. The SMILES string of the molecule is COCOc1ccc(C(C)=NOCCOC2CCNCC2)cc1. The molecule has 1 saturated heterocycles. The van der Waals surface area contributed by atoms with E-state index in [0.29, 0.717) is 19.3 Å².